The zero-order valence-electron chi connectivity index (χ0n) is 19.9. The molecule has 1 saturated carbocycles. The second kappa shape index (κ2) is 6.70. The first-order valence-electron chi connectivity index (χ1n) is 12.0. The highest BCUT2D eigenvalue weighted by atomic mass is 16.6. The van der Waals surface area contributed by atoms with Gasteiger partial charge in [-0.1, -0.05) is 32.4 Å². The van der Waals surface area contributed by atoms with Crippen LogP contribution in [-0.2, 0) is 23.8 Å². The largest absolute Gasteiger partial charge is 0.472 e. The Balaban J connectivity index is 1.56. The molecule has 2 aliphatic heterocycles. The van der Waals surface area contributed by atoms with Crippen LogP contribution >= 0.6 is 0 Å². The fraction of sp³-hybridized carbons (Fsp3) is 0.630. The van der Waals surface area contributed by atoms with Crippen molar-refractivity contribution in [3.05, 3.63) is 47.5 Å². The number of ketones is 1. The molecule has 0 amide bonds. The van der Waals surface area contributed by atoms with Gasteiger partial charge in [0.15, 0.2) is 5.78 Å². The molecule has 33 heavy (non-hydrogen) atoms. The zero-order chi connectivity index (χ0) is 23.3. The Bertz CT molecular complexity index is 1080. The molecule has 6 nitrogen and oxygen atoms in total. The van der Waals surface area contributed by atoms with Crippen LogP contribution in [0.25, 0.3) is 0 Å². The topological polar surface area (TPSA) is 75.0 Å². The van der Waals surface area contributed by atoms with Gasteiger partial charge >= 0.3 is 5.97 Å². The molecule has 3 heterocycles. The number of hydrogen-bond donors (Lipinski definition) is 0. The quantitative estimate of drug-likeness (QED) is 0.505. The predicted octanol–water partition coefficient (Wildman–Crippen LogP) is 4.22. The molecule has 0 aromatic carbocycles. The number of carbonyl (C=O) groups is 2. The van der Waals surface area contributed by atoms with Crippen molar-refractivity contribution >= 4 is 11.8 Å². The second-order valence-electron chi connectivity index (χ2n) is 11.3. The molecule has 0 N–H and O–H groups in total. The average molecular weight is 453 g/mol. The summed E-state index contributed by atoms with van der Waals surface area (Å²) in [6, 6.07) is 2.01. The first-order valence-corrected chi connectivity index (χ1v) is 12.0. The Hall–Kier alpha value is -2.18. The summed E-state index contributed by atoms with van der Waals surface area (Å²) < 4.78 is 23.8. The van der Waals surface area contributed by atoms with Gasteiger partial charge in [-0.15, -0.1) is 0 Å². The molecule has 9 atom stereocenters. The molecule has 0 radical (unpaired) electrons. The third kappa shape index (κ3) is 2.46. The Kier molecular flexibility index (Phi) is 4.33. The molecule has 6 rings (SSSR count). The van der Waals surface area contributed by atoms with Crippen LogP contribution in [-0.4, -0.2) is 43.8 Å². The lowest BCUT2D eigenvalue weighted by Gasteiger charge is -2.60. The van der Waals surface area contributed by atoms with E-state index in [9.17, 15) is 9.59 Å². The van der Waals surface area contributed by atoms with Crippen LogP contribution in [0.4, 0.5) is 0 Å². The summed E-state index contributed by atoms with van der Waals surface area (Å²) in [6.07, 6.45) is 7.85. The van der Waals surface area contributed by atoms with E-state index in [0.717, 1.165) is 12.0 Å². The van der Waals surface area contributed by atoms with Gasteiger partial charge in [-0.2, -0.15) is 0 Å². The smallest absolute Gasteiger partial charge is 0.305 e. The molecule has 0 bridgehead atoms. The van der Waals surface area contributed by atoms with Crippen molar-refractivity contribution in [1.29, 1.82) is 0 Å². The van der Waals surface area contributed by atoms with Crippen molar-refractivity contribution in [2.24, 2.45) is 28.1 Å². The first kappa shape index (κ1) is 21.4. The minimum absolute atomic E-state index is 0.0420. The van der Waals surface area contributed by atoms with Gasteiger partial charge in [0.05, 0.1) is 51.0 Å². The molecular formula is C27H32O6. The van der Waals surface area contributed by atoms with Gasteiger partial charge in [-0.25, -0.2) is 0 Å². The minimum Gasteiger partial charge on any atom is -0.472 e. The fourth-order valence-electron chi connectivity index (χ4n) is 8.54. The Morgan fingerprint density at radius 3 is 2.73 bits per heavy atom. The van der Waals surface area contributed by atoms with Crippen molar-refractivity contribution in [2.45, 2.75) is 64.8 Å². The summed E-state index contributed by atoms with van der Waals surface area (Å²) in [4.78, 5) is 26.4. The number of fused-ring (bicyclic) bond motifs is 4. The molecule has 176 valence electrons. The van der Waals surface area contributed by atoms with Crippen molar-refractivity contribution in [2.75, 3.05) is 13.7 Å². The Morgan fingerprint density at radius 1 is 1.24 bits per heavy atom. The number of esters is 1. The standard InChI is InChI=1S/C27H32O6/c1-14-16(15-7-9-31-12-15)10-17-21(14)27(4)18(11-20(29)30-5)26(3)19(28)6-8-25(2)13-32-22(23(25)26)24(27)33-17/h6-9,12,16-18,22-24H,10-11,13H2,1-5H3/t16-,17-,18-,22-,23+,24-,25+,26+,27-/m1/s1. The predicted molar refractivity (Wildman–Crippen MR) is 119 cm³/mol. The Labute approximate surface area is 194 Å². The van der Waals surface area contributed by atoms with Crippen LogP contribution in [0.3, 0.4) is 0 Å². The molecule has 1 aromatic heterocycles. The maximum Gasteiger partial charge on any atom is 0.305 e. The van der Waals surface area contributed by atoms with Gasteiger partial charge in [0.2, 0.25) is 0 Å². The van der Waals surface area contributed by atoms with Gasteiger partial charge in [0, 0.05) is 28.1 Å². The van der Waals surface area contributed by atoms with Crippen LogP contribution in [0.2, 0.25) is 0 Å². The lowest BCUT2D eigenvalue weighted by atomic mass is 9.42. The summed E-state index contributed by atoms with van der Waals surface area (Å²) in [5.74, 6) is -0.281. The number of ether oxygens (including phenoxy) is 3. The highest BCUT2D eigenvalue weighted by Crippen LogP contribution is 2.71. The number of hydrogen-bond acceptors (Lipinski definition) is 6. The van der Waals surface area contributed by atoms with Gasteiger partial charge in [-0.3, -0.25) is 9.59 Å². The van der Waals surface area contributed by atoms with Crippen molar-refractivity contribution in [1.82, 2.24) is 0 Å². The number of methoxy groups -OCH3 is 1. The van der Waals surface area contributed by atoms with E-state index in [1.807, 2.05) is 12.1 Å². The SMILES string of the molecule is COC(=O)C[C@H]1[C@]2(C)C3=C(C)[C@H](c4ccoc4)C[C@H]3O[C@@H]2[C@@H]2OC[C@]3(C)C=CC(=O)[C@@]1(C)[C@@H]23. The molecule has 6 heteroatoms. The summed E-state index contributed by atoms with van der Waals surface area (Å²) in [7, 11) is 1.42. The molecule has 3 fully saturated rings. The molecule has 2 saturated heterocycles. The lowest BCUT2D eigenvalue weighted by molar-refractivity contribution is -0.188. The number of carbonyl (C=O) groups excluding carboxylic acids is 2. The van der Waals surface area contributed by atoms with Crippen molar-refractivity contribution in [3.63, 3.8) is 0 Å². The molecule has 3 aliphatic carbocycles. The first-order chi connectivity index (χ1) is 15.7. The summed E-state index contributed by atoms with van der Waals surface area (Å²) in [5.41, 5.74) is 2.14. The number of allylic oxidation sites excluding steroid dienone is 2. The van der Waals surface area contributed by atoms with E-state index in [1.54, 1.807) is 18.6 Å². The average Bonchev–Trinajstić information content (AvgIpc) is 3.54. The van der Waals surface area contributed by atoms with E-state index in [-0.39, 0.29) is 59.7 Å². The number of furan rings is 1. The third-order valence-corrected chi connectivity index (χ3v) is 9.91. The van der Waals surface area contributed by atoms with Crippen LogP contribution in [0.5, 0.6) is 0 Å². The van der Waals surface area contributed by atoms with E-state index < -0.39 is 10.8 Å². The maximum absolute atomic E-state index is 13.7. The summed E-state index contributed by atoms with van der Waals surface area (Å²) >= 11 is 0. The van der Waals surface area contributed by atoms with E-state index in [0.29, 0.717) is 6.61 Å². The molecular weight excluding hydrogens is 420 g/mol. The highest BCUT2D eigenvalue weighted by molar-refractivity contribution is 5.97. The maximum atomic E-state index is 13.7. The van der Waals surface area contributed by atoms with Crippen LogP contribution in [0, 0.1) is 28.1 Å². The zero-order valence-corrected chi connectivity index (χ0v) is 19.9. The van der Waals surface area contributed by atoms with Crippen molar-refractivity contribution < 1.29 is 28.2 Å². The lowest BCUT2D eigenvalue weighted by Crippen LogP contribution is -2.66. The van der Waals surface area contributed by atoms with E-state index in [4.69, 9.17) is 18.6 Å². The van der Waals surface area contributed by atoms with E-state index >= 15 is 0 Å². The number of rotatable bonds is 3. The van der Waals surface area contributed by atoms with Crippen LogP contribution < -0.4 is 0 Å². The normalized spacial score (nSPS) is 47.5. The highest BCUT2D eigenvalue weighted by Gasteiger charge is 2.75. The fourth-order valence-corrected chi connectivity index (χ4v) is 8.54. The second-order valence-corrected chi connectivity index (χ2v) is 11.3. The minimum atomic E-state index is -0.747. The molecule has 5 aliphatic rings. The van der Waals surface area contributed by atoms with E-state index in [1.165, 1.54) is 18.3 Å². The van der Waals surface area contributed by atoms with E-state index in [2.05, 4.69) is 27.7 Å². The molecule has 1 aromatic rings. The third-order valence-electron chi connectivity index (χ3n) is 9.91. The van der Waals surface area contributed by atoms with Gasteiger partial charge < -0.3 is 18.6 Å². The monoisotopic (exact) mass is 452 g/mol. The van der Waals surface area contributed by atoms with Crippen molar-refractivity contribution in [3.8, 4) is 0 Å². The van der Waals surface area contributed by atoms with Crippen LogP contribution in [0.15, 0.2) is 46.3 Å². The van der Waals surface area contributed by atoms with Gasteiger partial charge in [0.25, 0.3) is 0 Å². The Morgan fingerprint density at radius 2 is 2.03 bits per heavy atom. The van der Waals surface area contributed by atoms with Gasteiger partial charge in [0.1, 0.15) is 0 Å². The van der Waals surface area contributed by atoms with Gasteiger partial charge in [-0.05, 0) is 42.5 Å². The van der Waals surface area contributed by atoms with Crippen LogP contribution in [0.1, 0.15) is 52.0 Å². The molecule has 0 spiro atoms. The summed E-state index contributed by atoms with van der Waals surface area (Å²) in [5, 5.41) is 0. The summed E-state index contributed by atoms with van der Waals surface area (Å²) in [6.45, 7) is 9.17. The molecule has 0 unspecified atom stereocenters.